The molecule has 0 spiro atoms. The molecule has 0 unspecified atom stereocenters. The van der Waals surface area contributed by atoms with Crippen LogP contribution in [0.3, 0.4) is 0 Å². The van der Waals surface area contributed by atoms with Gasteiger partial charge in [0.1, 0.15) is 47.7 Å². The van der Waals surface area contributed by atoms with Crippen molar-refractivity contribution in [2.24, 2.45) is 0 Å². The molecular weight excluding hydrogens is 959 g/mol. The predicted octanol–water partition coefficient (Wildman–Crippen LogP) is 11.3. The zero-order valence-electron chi connectivity index (χ0n) is 37.0. The molecular formula is C62H52AgNP3+3. The summed E-state index contributed by atoms with van der Waals surface area (Å²) in [6.07, 6.45) is 1.90. The first-order valence-corrected chi connectivity index (χ1v) is 27.0. The van der Waals surface area contributed by atoms with Gasteiger partial charge in [-0.05, 0) is 114 Å². The van der Waals surface area contributed by atoms with Crippen molar-refractivity contribution in [3.05, 3.63) is 297 Å². The number of fused-ring (bicyclic) bond motifs is 1. The van der Waals surface area contributed by atoms with Crippen LogP contribution in [0.1, 0.15) is 0 Å². The Morgan fingerprint density at radius 2 is 0.493 bits per heavy atom. The fraction of sp³-hybridized carbons (Fsp3) is 0. The minimum absolute atomic E-state index is 0. The van der Waals surface area contributed by atoms with E-state index in [4.69, 9.17) is 0 Å². The average Bonchev–Trinajstić information content (AvgIpc) is 3.90. The summed E-state index contributed by atoms with van der Waals surface area (Å²) in [4.78, 5) is 4.65. The number of hydrogen-bond donors (Lipinski definition) is 0. The summed E-state index contributed by atoms with van der Waals surface area (Å²) >= 11 is 0. The molecule has 0 atom stereocenters. The summed E-state index contributed by atoms with van der Waals surface area (Å²) < 4.78 is 0. The molecule has 11 aromatic rings. The fourth-order valence-corrected chi connectivity index (χ4v) is 16.4. The number of hydrogen-bond acceptors (Lipinski definition) is 0. The van der Waals surface area contributed by atoms with Gasteiger partial charge in [-0.15, -0.1) is 5.52 Å². The molecule has 1 nitrogen and oxygen atoms in total. The van der Waals surface area contributed by atoms with Crippen molar-refractivity contribution in [2.75, 3.05) is 0 Å². The molecule has 0 aliphatic heterocycles. The van der Waals surface area contributed by atoms with Crippen LogP contribution in [0.25, 0.3) is 22.0 Å². The Hall–Kier alpha value is -6.23. The normalized spacial score (nSPS) is 10.7. The monoisotopic (exact) mass is 1010 g/mol. The van der Waals surface area contributed by atoms with Gasteiger partial charge in [-0.3, -0.25) is 0 Å². The Kier molecular flexibility index (Phi) is 17.3. The third-order valence-corrected chi connectivity index (χ3v) is 19.8. The standard InChI is InChI=1S/C26H19NP.2C18H15P.Ag/c1-3-11-21(12-4-1)28(22-13-5-2-6-14-22)25-17-8-7-15-23(25)24-16-9-10-20-18-19-27-26(20)24;2*1-4-10-16(11-5-1)19(17-12-6-2-7-13-17)18-14-8-3-9-15-18;/h1-19H;2*1-15H;/q-1;;;+1/p+3. The molecule has 0 N–H and O–H groups in total. The van der Waals surface area contributed by atoms with Gasteiger partial charge in [0.15, 0.2) is 0 Å². The van der Waals surface area contributed by atoms with Crippen LogP contribution < -0.4 is 52.7 Å². The summed E-state index contributed by atoms with van der Waals surface area (Å²) in [7, 11) is -2.89. The molecule has 0 aliphatic carbocycles. The summed E-state index contributed by atoms with van der Waals surface area (Å²) in [6.45, 7) is 0. The third-order valence-electron chi connectivity index (χ3n) is 11.5. The topological polar surface area (TPSA) is 14.1 Å². The van der Waals surface area contributed by atoms with Crippen LogP contribution in [-0.4, -0.2) is 0 Å². The van der Waals surface area contributed by atoms with Crippen LogP contribution in [-0.2, 0) is 22.4 Å². The molecule has 0 aliphatic rings. The van der Waals surface area contributed by atoms with E-state index in [1.54, 1.807) is 0 Å². The zero-order chi connectivity index (χ0) is 44.6. The van der Waals surface area contributed by atoms with E-state index in [0.717, 1.165) is 5.52 Å². The molecule has 0 bridgehead atoms. The van der Waals surface area contributed by atoms with Gasteiger partial charge in [0.25, 0.3) is 0 Å². The quantitative estimate of drug-likeness (QED) is 0.0984. The van der Waals surface area contributed by atoms with Crippen molar-refractivity contribution >= 4 is 82.4 Å². The smallest absolute Gasteiger partial charge is 0.663 e. The van der Waals surface area contributed by atoms with E-state index in [2.05, 4.69) is 296 Å². The molecule has 0 fully saturated rings. The van der Waals surface area contributed by atoms with E-state index in [1.807, 2.05) is 6.20 Å². The number of para-hydroxylation sites is 1. The van der Waals surface area contributed by atoms with E-state index < -0.39 is 23.8 Å². The Morgan fingerprint density at radius 1 is 0.224 bits per heavy atom. The van der Waals surface area contributed by atoms with Gasteiger partial charge in [-0.25, -0.2) is 0 Å². The first-order valence-electron chi connectivity index (χ1n) is 22.5. The van der Waals surface area contributed by atoms with E-state index in [0.29, 0.717) is 0 Å². The molecule has 1 heterocycles. The number of nitrogens with zero attached hydrogens (tertiary/aromatic N) is 1. The zero-order valence-corrected chi connectivity index (χ0v) is 41.5. The molecule has 0 radical (unpaired) electrons. The number of rotatable bonds is 10. The average molecular weight is 1010 g/mol. The van der Waals surface area contributed by atoms with Crippen molar-refractivity contribution < 1.29 is 22.4 Å². The van der Waals surface area contributed by atoms with Crippen LogP contribution in [0.15, 0.2) is 297 Å². The second-order valence-electron chi connectivity index (χ2n) is 15.8. The SMILES string of the molecule is [Ag+].c1ccc([PH+](c2ccccc2)c2ccccc2)cc1.c1ccc([PH+](c2ccccc2)c2ccccc2)cc1.c1ccc([PH+](c2ccccc2)c2ccccc2-c2cccc3cc[n-]c23)cc1. The van der Waals surface area contributed by atoms with Crippen LogP contribution in [0.4, 0.5) is 0 Å². The largest absolute Gasteiger partial charge is 1.00 e. The Labute approximate surface area is 415 Å². The molecule has 0 saturated carbocycles. The first-order chi connectivity index (χ1) is 32.8. The maximum absolute atomic E-state index is 4.65. The molecule has 10 aromatic carbocycles. The van der Waals surface area contributed by atoms with Crippen molar-refractivity contribution in [1.29, 1.82) is 0 Å². The number of aromatic nitrogens is 1. The van der Waals surface area contributed by atoms with Crippen molar-refractivity contribution in [1.82, 2.24) is 4.98 Å². The minimum Gasteiger partial charge on any atom is -0.663 e. The van der Waals surface area contributed by atoms with Gasteiger partial charge in [-0.1, -0.05) is 188 Å². The Balaban J connectivity index is 0.000000139. The van der Waals surface area contributed by atoms with Gasteiger partial charge in [-0.2, -0.15) is 6.20 Å². The summed E-state index contributed by atoms with van der Waals surface area (Å²) in [6, 6.07) is 104. The molecule has 5 heteroatoms. The van der Waals surface area contributed by atoms with E-state index in [9.17, 15) is 0 Å². The summed E-state index contributed by atoms with van der Waals surface area (Å²) in [5.74, 6) is 0. The Bertz CT molecular complexity index is 2770. The van der Waals surface area contributed by atoms with Crippen LogP contribution in [0.2, 0.25) is 0 Å². The Morgan fingerprint density at radius 3 is 0.821 bits per heavy atom. The minimum atomic E-state index is -1.13. The summed E-state index contributed by atoms with van der Waals surface area (Å²) in [5, 5.41) is 14.0. The number of benzene rings is 10. The molecule has 11 rings (SSSR count). The first kappa shape index (κ1) is 47.3. The molecule has 0 saturated heterocycles. The van der Waals surface area contributed by atoms with E-state index >= 15 is 0 Å². The fourth-order valence-electron chi connectivity index (χ4n) is 8.50. The van der Waals surface area contributed by atoms with Crippen LogP contribution in [0.5, 0.6) is 0 Å². The van der Waals surface area contributed by atoms with Crippen molar-refractivity contribution in [2.45, 2.75) is 0 Å². The maximum Gasteiger partial charge on any atom is 1.00 e. The second kappa shape index (κ2) is 24.5. The van der Waals surface area contributed by atoms with Crippen molar-refractivity contribution in [3.63, 3.8) is 0 Å². The molecule has 67 heavy (non-hydrogen) atoms. The summed E-state index contributed by atoms with van der Waals surface area (Å²) in [5.41, 5.74) is 3.58. The van der Waals surface area contributed by atoms with Gasteiger partial charge >= 0.3 is 22.4 Å². The van der Waals surface area contributed by atoms with Crippen LogP contribution in [0, 0.1) is 0 Å². The van der Waals surface area contributed by atoms with E-state index in [1.165, 1.54) is 64.3 Å². The maximum atomic E-state index is 4.65. The molecule has 0 amide bonds. The van der Waals surface area contributed by atoms with Crippen LogP contribution >= 0.6 is 23.8 Å². The van der Waals surface area contributed by atoms with Crippen molar-refractivity contribution in [3.8, 4) is 11.1 Å². The second-order valence-corrected chi connectivity index (χ2v) is 23.2. The predicted molar refractivity (Wildman–Crippen MR) is 296 cm³/mol. The van der Waals surface area contributed by atoms with Gasteiger partial charge in [0.2, 0.25) is 0 Å². The van der Waals surface area contributed by atoms with Gasteiger partial charge < -0.3 is 4.98 Å². The van der Waals surface area contributed by atoms with Gasteiger partial charge in [0, 0.05) is 5.56 Å². The van der Waals surface area contributed by atoms with Gasteiger partial charge in [0.05, 0.1) is 23.8 Å². The molecule has 1 aromatic heterocycles. The van der Waals surface area contributed by atoms with E-state index in [-0.39, 0.29) is 22.4 Å². The molecule has 328 valence electrons. The third kappa shape index (κ3) is 12.0.